The van der Waals surface area contributed by atoms with Crippen molar-refractivity contribution in [2.45, 2.75) is 51.4 Å². The van der Waals surface area contributed by atoms with E-state index in [0.29, 0.717) is 0 Å². The highest BCUT2D eigenvalue weighted by molar-refractivity contribution is 5.40. The second kappa shape index (κ2) is 1.63. The molecule has 5 fully saturated rings. The molecule has 0 saturated heterocycles. The van der Waals surface area contributed by atoms with E-state index in [1.54, 1.807) is 51.4 Å². The van der Waals surface area contributed by atoms with Gasteiger partial charge in [0.1, 0.15) is 0 Å². The zero-order valence-corrected chi connectivity index (χ0v) is 7.81. The van der Waals surface area contributed by atoms with E-state index in [9.17, 15) is 0 Å². The lowest BCUT2D eigenvalue weighted by molar-refractivity contribution is 0.162. The van der Waals surface area contributed by atoms with Crippen LogP contribution in [-0.2, 0) is 0 Å². The summed E-state index contributed by atoms with van der Waals surface area (Å²) in [6, 6.07) is 0. The summed E-state index contributed by atoms with van der Waals surface area (Å²) < 4.78 is 0. The topological polar surface area (TPSA) is 0 Å². The summed E-state index contributed by atoms with van der Waals surface area (Å²) in [4.78, 5) is 0. The molecule has 66 valence electrons. The molecule has 0 radical (unpaired) electrons. The van der Waals surface area contributed by atoms with Crippen LogP contribution in [0, 0.1) is 22.7 Å². The lowest BCUT2D eigenvalue weighted by Gasteiger charge is -2.33. The van der Waals surface area contributed by atoms with Gasteiger partial charge < -0.3 is 0 Å². The highest BCUT2D eigenvalue weighted by Gasteiger charge is 2.92. The van der Waals surface area contributed by atoms with Crippen molar-refractivity contribution in [3.63, 3.8) is 0 Å². The molecule has 4 unspecified atom stereocenters. The molecule has 2 spiro atoms. The van der Waals surface area contributed by atoms with Gasteiger partial charge in [-0.25, -0.2) is 0 Å². The predicted molar refractivity (Wildman–Crippen MR) is 48.8 cm³/mol. The smallest absolute Gasteiger partial charge is 0.0170 e. The largest absolute Gasteiger partial charge is 0.0530 e. The number of hydrogen-bond donors (Lipinski definition) is 0. The zero-order chi connectivity index (χ0) is 7.81. The average molecular weight is 162 g/mol. The first-order chi connectivity index (χ1) is 5.92. The molecule has 4 atom stereocenters. The summed E-state index contributed by atoms with van der Waals surface area (Å²) in [5.41, 5.74) is 1.95. The van der Waals surface area contributed by atoms with Crippen molar-refractivity contribution in [1.82, 2.24) is 0 Å². The van der Waals surface area contributed by atoms with Crippen molar-refractivity contribution in [1.29, 1.82) is 0 Å². The van der Waals surface area contributed by atoms with Crippen molar-refractivity contribution < 1.29 is 0 Å². The molecule has 12 heavy (non-hydrogen) atoms. The fourth-order valence-corrected chi connectivity index (χ4v) is 5.48. The van der Waals surface area contributed by atoms with Gasteiger partial charge in [0.25, 0.3) is 0 Å². The van der Waals surface area contributed by atoms with Crippen LogP contribution in [0.3, 0.4) is 0 Å². The van der Waals surface area contributed by atoms with Crippen molar-refractivity contribution in [3.8, 4) is 0 Å². The highest BCUT2D eigenvalue weighted by atomic mass is 15.0. The Balaban J connectivity index is 1.75. The second-order valence-electron chi connectivity index (χ2n) is 5.73. The minimum atomic E-state index is 0.965. The van der Waals surface area contributed by atoms with Crippen LogP contribution >= 0.6 is 0 Å². The van der Waals surface area contributed by atoms with Gasteiger partial charge in [-0.1, -0.05) is 25.7 Å². The van der Waals surface area contributed by atoms with E-state index < -0.39 is 0 Å². The van der Waals surface area contributed by atoms with Gasteiger partial charge in [0.05, 0.1) is 0 Å². The molecule has 0 aliphatic heterocycles. The molecule has 0 aromatic heterocycles. The quantitative estimate of drug-likeness (QED) is 0.512. The van der Waals surface area contributed by atoms with Gasteiger partial charge in [0, 0.05) is 0 Å². The SMILES string of the molecule is C1CCC23CCCCC24C(C1)C34. The zero-order valence-electron chi connectivity index (χ0n) is 7.81. The van der Waals surface area contributed by atoms with Gasteiger partial charge in [-0.15, -0.1) is 0 Å². The molecule has 0 N–H and O–H groups in total. The molecule has 0 heteroatoms. The summed E-state index contributed by atoms with van der Waals surface area (Å²) in [7, 11) is 0. The third-order valence-electron chi connectivity index (χ3n) is 5.80. The van der Waals surface area contributed by atoms with E-state index in [4.69, 9.17) is 0 Å². The van der Waals surface area contributed by atoms with Gasteiger partial charge in [-0.2, -0.15) is 0 Å². The maximum Gasteiger partial charge on any atom is -0.0170 e. The van der Waals surface area contributed by atoms with Gasteiger partial charge >= 0.3 is 0 Å². The molecular formula is C12H18. The Kier molecular flexibility index (Phi) is 0.875. The van der Waals surface area contributed by atoms with Crippen molar-refractivity contribution in [3.05, 3.63) is 0 Å². The van der Waals surface area contributed by atoms with Gasteiger partial charge in [0.2, 0.25) is 0 Å². The van der Waals surface area contributed by atoms with Crippen LogP contribution in [0.15, 0.2) is 0 Å². The van der Waals surface area contributed by atoms with E-state index >= 15 is 0 Å². The normalized spacial score (nSPS) is 66.0. The fraction of sp³-hybridized carbons (Fsp3) is 1.00. The van der Waals surface area contributed by atoms with Crippen LogP contribution in [0.2, 0.25) is 0 Å². The molecule has 5 rings (SSSR count). The van der Waals surface area contributed by atoms with Gasteiger partial charge in [0.15, 0.2) is 0 Å². The molecule has 0 aromatic rings. The third-order valence-corrected chi connectivity index (χ3v) is 5.80. The highest BCUT2D eigenvalue weighted by Crippen LogP contribution is 2.98. The van der Waals surface area contributed by atoms with Crippen LogP contribution in [0.25, 0.3) is 0 Å². The van der Waals surface area contributed by atoms with Gasteiger partial charge in [-0.05, 0) is 48.3 Å². The molecule has 2 bridgehead atoms. The molecule has 0 amide bonds. The monoisotopic (exact) mass is 162 g/mol. The summed E-state index contributed by atoms with van der Waals surface area (Å²) in [6.45, 7) is 0. The lowest BCUT2D eigenvalue weighted by atomic mass is 9.71. The standard InChI is InChI=1S/C12H18/c1-2-6-11-7-3-4-8-12(11)9(5-1)10(11)12/h9-10H,1-8H2. The molecule has 0 aromatic carbocycles. The maximum atomic E-state index is 1.63. The van der Waals surface area contributed by atoms with E-state index in [1.807, 2.05) is 0 Å². The van der Waals surface area contributed by atoms with E-state index in [2.05, 4.69) is 0 Å². The predicted octanol–water partition coefficient (Wildman–Crippen LogP) is 3.37. The average Bonchev–Trinajstić information content (AvgIpc) is 2.92. The Morgan fingerprint density at radius 3 is 2.50 bits per heavy atom. The Labute approximate surface area is 74.7 Å². The lowest BCUT2D eigenvalue weighted by Crippen LogP contribution is -2.24. The van der Waals surface area contributed by atoms with E-state index in [1.165, 1.54) is 11.8 Å². The molecule has 5 aliphatic rings. The van der Waals surface area contributed by atoms with Gasteiger partial charge in [-0.3, -0.25) is 0 Å². The first-order valence-corrected chi connectivity index (χ1v) is 5.92. The number of fused-ring (bicyclic) bond motifs is 3. The second-order valence-corrected chi connectivity index (χ2v) is 5.73. The summed E-state index contributed by atoms with van der Waals surface area (Å²) in [5.74, 6) is 2.50. The maximum absolute atomic E-state index is 1.63. The van der Waals surface area contributed by atoms with Crippen LogP contribution in [0.1, 0.15) is 51.4 Å². The number of rotatable bonds is 0. The summed E-state index contributed by atoms with van der Waals surface area (Å²) in [5, 5.41) is 0. The Hall–Kier alpha value is 0. The number of hydrogen-bond acceptors (Lipinski definition) is 0. The molecule has 5 aliphatic carbocycles. The van der Waals surface area contributed by atoms with Crippen LogP contribution < -0.4 is 0 Å². The minimum absolute atomic E-state index is 0.965. The Morgan fingerprint density at radius 1 is 0.833 bits per heavy atom. The van der Waals surface area contributed by atoms with Crippen LogP contribution in [-0.4, -0.2) is 0 Å². The van der Waals surface area contributed by atoms with E-state index in [0.717, 1.165) is 10.8 Å². The first kappa shape index (κ1) is 6.45. The summed E-state index contributed by atoms with van der Waals surface area (Å²) in [6.07, 6.45) is 12.7. The van der Waals surface area contributed by atoms with Crippen LogP contribution in [0.5, 0.6) is 0 Å². The molecule has 0 heterocycles. The van der Waals surface area contributed by atoms with E-state index in [-0.39, 0.29) is 0 Å². The van der Waals surface area contributed by atoms with Crippen molar-refractivity contribution >= 4 is 0 Å². The van der Waals surface area contributed by atoms with Crippen molar-refractivity contribution in [2.75, 3.05) is 0 Å². The molecular weight excluding hydrogens is 144 g/mol. The Morgan fingerprint density at radius 2 is 1.58 bits per heavy atom. The molecule has 0 nitrogen and oxygen atoms in total. The Bertz CT molecular complexity index is 232. The fourth-order valence-electron chi connectivity index (χ4n) is 5.48. The summed E-state index contributed by atoms with van der Waals surface area (Å²) >= 11 is 0. The molecule has 5 saturated carbocycles. The van der Waals surface area contributed by atoms with Crippen molar-refractivity contribution in [2.24, 2.45) is 22.7 Å². The first-order valence-electron chi connectivity index (χ1n) is 5.92. The van der Waals surface area contributed by atoms with Crippen LogP contribution in [0.4, 0.5) is 0 Å². The minimum Gasteiger partial charge on any atom is -0.0530 e. The third kappa shape index (κ3) is 0.418.